The van der Waals surface area contributed by atoms with E-state index in [1.54, 1.807) is 6.92 Å². The molecule has 6 nitrogen and oxygen atoms in total. The van der Waals surface area contributed by atoms with Crippen LogP contribution in [-0.4, -0.2) is 37.1 Å². The summed E-state index contributed by atoms with van der Waals surface area (Å²) in [7, 11) is 1.34. The third-order valence-electron chi connectivity index (χ3n) is 5.52. The molecule has 158 valence electrons. The minimum atomic E-state index is -1.27. The number of ether oxygens (including phenoxy) is 3. The van der Waals surface area contributed by atoms with Crippen molar-refractivity contribution in [1.82, 2.24) is 4.98 Å². The van der Waals surface area contributed by atoms with Crippen LogP contribution in [0.3, 0.4) is 0 Å². The minimum absolute atomic E-state index is 0.291. The lowest BCUT2D eigenvalue weighted by Gasteiger charge is -2.35. The van der Waals surface area contributed by atoms with Crippen LogP contribution < -0.4 is 0 Å². The lowest BCUT2D eigenvalue weighted by atomic mass is 10.0. The molecule has 0 N–H and O–H groups in total. The van der Waals surface area contributed by atoms with Crippen LogP contribution in [0, 0.1) is 12.8 Å². The van der Waals surface area contributed by atoms with Gasteiger partial charge in [0, 0.05) is 18.4 Å². The number of oxazole rings is 1. The lowest BCUT2D eigenvalue weighted by Crippen LogP contribution is -2.48. The summed E-state index contributed by atoms with van der Waals surface area (Å²) >= 11 is 0. The first-order valence-corrected chi connectivity index (χ1v) is 10.4. The molecule has 0 saturated carbocycles. The van der Waals surface area contributed by atoms with Crippen LogP contribution in [0.5, 0.6) is 0 Å². The monoisotopic (exact) mass is 401 g/mol. The fourth-order valence-electron chi connectivity index (χ4n) is 3.51. The molecular weight excluding hydrogens is 370 g/mol. The largest absolute Gasteiger partial charge is 0.465 e. The van der Waals surface area contributed by atoms with Gasteiger partial charge in [0.15, 0.2) is 0 Å². The molecule has 0 bridgehead atoms. The maximum Gasteiger partial charge on any atom is 0.366 e. The third-order valence-corrected chi connectivity index (χ3v) is 5.52. The first kappa shape index (κ1) is 21.5. The molecule has 2 heterocycles. The zero-order chi connectivity index (χ0) is 20.9. The number of methoxy groups -OCH3 is 1. The summed E-state index contributed by atoms with van der Waals surface area (Å²) in [5.74, 6) is 0.111. The average molecular weight is 402 g/mol. The Morgan fingerprint density at radius 2 is 1.90 bits per heavy atom. The highest BCUT2D eigenvalue weighted by Gasteiger charge is 2.41. The van der Waals surface area contributed by atoms with E-state index in [4.69, 9.17) is 23.6 Å². The summed E-state index contributed by atoms with van der Waals surface area (Å²) < 4.78 is 21.8. The molecule has 6 heteroatoms. The van der Waals surface area contributed by atoms with Crippen LogP contribution >= 0.6 is 0 Å². The van der Waals surface area contributed by atoms with Gasteiger partial charge in [0.2, 0.25) is 5.89 Å². The van der Waals surface area contributed by atoms with E-state index < -0.39 is 11.8 Å². The number of aryl methyl sites for hydroxylation is 3. The van der Waals surface area contributed by atoms with Crippen LogP contribution in [0.2, 0.25) is 0 Å². The maximum absolute atomic E-state index is 11.7. The molecule has 1 fully saturated rings. The van der Waals surface area contributed by atoms with Crippen molar-refractivity contribution in [3.63, 3.8) is 0 Å². The molecule has 3 rings (SSSR count). The molecule has 0 amide bonds. The molecule has 1 aromatic heterocycles. The average Bonchev–Trinajstić information content (AvgIpc) is 3.12. The highest BCUT2D eigenvalue weighted by atomic mass is 16.7. The Labute approximate surface area is 172 Å². The van der Waals surface area contributed by atoms with Crippen molar-refractivity contribution >= 4 is 5.97 Å². The SMILES string of the molecule is CCc1ccc(-c2nc(CCCCC3COC(C)(C(=O)OC)OC3)c(C)o2)cc1. The second kappa shape index (κ2) is 9.55. The van der Waals surface area contributed by atoms with Gasteiger partial charge in [-0.15, -0.1) is 0 Å². The second-order valence-corrected chi connectivity index (χ2v) is 7.74. The van der Waals surface area contributed by atoms with Crippen LogP contribution in [0.4, 0.5) is 0 Å². The van der Waals surface area contributed by atoms with Crippen molar-refractivity contribution in [2.75, 3.05) is 20.3 Å². The Morgan fingerprint density at radius 1 is 1.21 bits per heavy atom. The van der Waals surface area contributed by atoms with Crippen molar-refractivity contribution in [3.05, 3.63) is 41.3 Å². The number of aromatic nitrogens is 1. The topological polar surface area (TPSA) is 70.8 Å². The van der Waals surface area contributed by atoms with Gasteiger partial charge >= 0.3 is 5.97 Å². The van der Waals surface area contributed by atoms with Gasteiger partial charge in [-0.2, -0.15) is 0 Å². The van der Waals surface area contributed by atoms with Crippen LogP contribution in [0.15, 0.2) is 28.7 Å². The number of hydrogen-bond acceptors (Lipinski definition) is 6. The van der Waals surface area contributed by atoms with E-state index in [2.05, 4.69) is 31.2 Å². The number of rotatable bonds is 8. The quantitative estimate of drug-likeness (QED) is 0.480. The summed E-state index contributed by atoms with van der Waals surface area (Å²) in [6.45, 7) is 6.74. The Hall–Kier alpha value is -2.18. The normalized spacial score (nSPS) is 21.9. The van der Waals surface area contributed by atoms with Gasteiger partial charge in [-0.25, -0.2) is 9.78 Å². The highest BCUT2D eigenvalue weighted by molar-refractivity contribution is 5.77. The second-order valence-electron chi connectivity index (χ2n) is 7.74. The number of carbonyl (C=O) groups is 1. The summed E-state index contributed by atoms with van der Waals surface area (Å²) in [5, 5.41) is 0. The van der Waals surface area contributed by atoms with E-state index >= 15 is 0 Å². The lowest BCUT2D eigenvalue weighted by molar-refractivity contribution is -0.272. The van der Waals surface area contributed by atoms with Gasteiger partial charge in [0.25, 0.3) is 5.79 Å². The molecule has 1 aromatic carbocycles. The minimum Gasteiger partial charge on any atom is -0.465 e. The smallest absolute Gasteiger partial charge is 0.366 e. The first-order chi connectivity index (χ1) is 13.9. The van der Waals surface area contributed by atoms with Gasteiger partial charge in [-0.05, 0) is 50.3 Å². The molecule has 0 radical (unpaired) electrons. The Morgan fingerprint density at radius 3 is 2.52 bits per heavy atom. The molecule has 29 heavy (non-hydrogen) atoms. The first-order valence-electron chi connectivity index (χ1n) is 10.4. The fraction of sp³-hybridized carbons (Fsp3) is 0.565. The number of hydrogen-bond donors (Lipinski definition) is 0. The summed E-state index contributed by atoms with van der Waals surface area (Å²) in [5.41, 5.74) is 3.34. The third kappa shape index (κ3) is 5.25. The van der Waals surface area contributed by atoms with E-state index in [9.17, 15) is 4.79 Å². The number of unbranched alkanes of at least 4 members (excludes halogenated alkanes) is 1. The van der Waals surface area contributed by atoms with E-state index in [1.807, 2.05) is 6.92 Å². The number of benzene rings is 1. The Kier molecular flexibility index (Phi) is 7.09. The summed E-state index contributed by atoms with van der Waals surface area (Å²) in [6.07, 6.45) is 4.96. The van der Waals surface area contributed by atoms with Crippen molar-refractivity contribution in [1.29, 1.82) is 0 Å². The Bertz CT molecular complexity index is 803. The predicted octanol–water partition coefficient (Wildman–Crippen LogP) is 4.48. The molecule has 0 unspecified atom stereocenters. The van der Waals surface area contributed by atoms with Crippen molar-refractivity contribution in [3.8, 4) is 11.5 Å². The van der Waals surface area contributed by atoms with E-state index in [1.165, 1.54) is 12.7 Å². The molecule has 1 saturated heterocycles. The van der Waals surface area contributed by atoms with Gasteiger partial charge < -0.3 is 18.6 Å². The van der Waals surface area contributed by atoms with E-state index in [0.717, 1.165) is 49.1 Å². The van der Waals surface area contributed by atoms with E-state index in [0.29, 0.717) is 25.0 Å². The summed E-state index contributed by atoms with van der Waals surface area (Å²) in [4.78, 5) is 16.4. The molecule has 2 aromatic rings. The Balaban J connectivity index is 1.44. The number of esters is 1. The zero-order valence-corrected chi connectivity index (χ0v) is 17.8. The molecular formula is C23H31NO5. The molecule has 0 atom stereocenters. The maximum atomic E-state index is 11.7. The van der Waals surface area contributed by atoms with Gasteiger partial charge in [0.05, 0.1) is 26.0 Å². The van der Waals surface area contributed by atoms with Gasteiger partial charge in [-0.1, -0.05) is 25.5 Å². The van der Waals surface area contributed by atoms with Crippen LogP contribution in [0.25, 0.3) is 11.5 Å². The highest BCUT2D eigenvalue weighted by Crippen LogP contribution is 2.27. The molecule has 0 spiro atoms. The van der Waals surface area contributed by atoms with Crippen molar-refractivity contribution < 1.29 is 23.4 Å². The van der Waals surface area contributed by atoms with Gasteiger partial charge in [0.1, 0.15) is 5.76 Å². The molecule has 1 aliphatic heterocycles. The standard InChI is InChI=1S/C23H31NO5/c1-5-17-10-12-19(13-11-17)21-24-20(16(2)29-21)9-7-6-8-18-14-27-23(3,28-15-18)22(25)26-4/h10-13,18H,5-9,14-15H2,1-4H3. The molecule has 0 aliphatic carbocycles. The van der Waals surface area contributed by atoms with Gasteiger partial charge in [-0.3, -0.25) is 0 Å². The van der Waals surface area contributed by atoms with Crippen molar-refractivity contribution in [2.45, 2.75) is 58.7 Å². The number of carbonyl (C=O) groups excluding carboxylic acids is 1. The summed E-state index contributed by atoms with van der Waals surface area (Å²) in [6, 6.07) is 8.38. The van der Waals surface area contributed by atoms with E-state index in [-0.39, 0.29) is 0 Å². The zero-order valence-electron chi connectivity index (χ0n) is 17.8. The van der Waals surface area contributed by atoms with Crippen LogP contribution in [-0.2, 0) is 31.8 Å². The molecule has 1 aliphatic rings. The number of nitrogens with zero attached hydrogens (tertiary/aromatic N) is 1. The predicted molar refractivity (Wildman–Crippen MR) is 109 cm³/mol. The van der Waals surface area contributed by atoms with Crippen LogP contribution in [0.1, 0.15) is 50.1 Å². The fourth-order valence-corrected chi connectivity index (χ4v) is 3.51. The van der Waals surface area contributed by atoms with Crippen molar-refractivity contribution in [2.24, 2.45) is 5.92 Å².